The molecule has 0 fully saturated rings. The minimum atomic E-state index is -0.901. The highest BCUT2D eigenvalue weighted by Gasteiger charge is 2.30. The molecule has 0 spiro atoms. The second kappa shape index (κ2) is 54.6. The predicted octanol–water partition coefficient (Wildman–Crippen LogP) is 33.7. The first-order chi connectivity index (χ1) is 51.9. The standard InChI is InChI=1S/C103H150O2/c1-6-11-16-21-26-31-36-41-46-51-56-85-61-71-90(72-62-85)97-98(91-73-63-86(64-74-91)57-52-47-42-37-32-27-22-17-12-7-2)100(93-77-67-88(68-78-93)59-54-49-44-39-34-29-24-19-14-9-4)102(95-81-83-96(84-82-95)103(104)105)101(94-79-69-89(70-80-94)60-55-50-45-40-35-30-25-20-15-10-5)99(97)92-75-65-87(66-76-92)58-53-48-43-38-33-28-23-18-13-8-3/h61-84H,6-60H2,1-5H3,(H,104,105). The van der Waals surface area contributed by atoms with Gasteiger partial charge in [0.2, 0.25) is 0 Å². The van der Waals surface area contributed by atoms with Crippen molar-refractivity contribution in [2.75, 3.05) is 0 Å². The van der Waals surface area contributed by atoms with Crippen molar-refractivity contribution < 1.29 is 9.90 Å². The number of carbonyl (C=O) groups is 1. The van der Waals surface area contributed by atoms with Crippen LogP contribution in [0.25, 0.3) is 66.8 Å². The number of hydrogen-bond donors (Lipinski definition) is 1. The molecule has 0 aliphatic rings. The zero-order valence-corrected chi connectivity index (χ0v) is 68.1. The topological polar surface area (TPSA) is 37.3 Å². The molecule has 0 saturated heterocycles. The third kappa shape index (κ3) is 32.8. The summed E-state index contributed by atoms with van der Waals surface area (Å²) in [4.78, 5) is 12.9. The van der Waals surface area contributed by atoms with E-state index in [2.05, 4.69) is 168 Å². The second-order valence-corrected chi connectivity index (χ2v) is 32.3. The number of unbranched alkanes of at least 4 members (excludes halogenated alkanes) is 45. The summed E-state index contributed by atoms with van der Waals surface area (Å²) >= 11 is 0. The molecule has 574 valence electrons. The van der Waals surface area contributed by atoms with E-state index in [1.807, 2.05) is 12.1 Å². The van der Waals surface area contributed by atoms with E-state index in [9.17, 15) is 9.90 Å². The summed E-state index contributed by atoms with van der Waals surface area (Å²) in [5.74, 6) is -0.901. The van der Waals surface area contributed by atoms with E-state index < -0.39 is 5.97 Å². The predicted molar refractivity (Wildman–Crippen MR) is 464 cm³/mol. The second-order valence-electron chi connectivity index (χ2n) is 32.3. The van der Waals surface area contributed by atoms with Gasteiger partial charge >= 0.3 is 5.97 Å². The summed E-state index contributed by atoms with van der Waals surface area (Å²) < 4.78 is 0. The third-order valence-electron chi connectivity index (χ3n) is 23.2. The molecule has 105 heavy (non-hydrogen) atoms. The first kappa shape index (κ1) is 86.2. The van der Waals surface area contributed by atoms with Crippen LogP contribution in [0, 0.1) is 0 Å². The molecule has 7 aromatic rings. The van der Waals surface area contributed by atoms with Crippen LogP contribution in [0.4, 0.5) is 0 Å². The maximum absolute atomic E-state index is 12.9. The fourth-order valence-electron chi connectivity index (χ4n) is 16.5. The highest BCUT2D eigenvalue weighted by Crippen LogP contribution is 2.56. The maximum atomic E-state index is 12.9. The van der Waals surface area contributed by atoms with Gasteiger partial charge in [0.1, 0.15) is 0 Å². The van der Waals surface area contributed by atoms with Crippen LogP contribution in [0.5, 0.6) is 0 Å². The van der Waals surface area contributed by atoms with Crippen molar-refractivity contribution in [3.8, 4) is 66.8 Å². The summed E-state index contributed by atoms with van der Waals surface area (Å²) in [5.41, 5.74) is 21.8. The average molecular weight is 1420 g/mol. The van der Waals surface area contributed by atoms with Gasteiger partial charge < -0.3 is 5.11 Å². The highest BCUT2D eigenvalue weighted by molar-refractivity contribution is 6.15. The van der Waals surface area contributed by atoms with Gasteiger partial charge in [0.25, 0.3) is 0 Å². The molecule has 7 aromatic carbocycles. The fraction of sp³-hybridized carbons (Fsp3) is 0.583. The summed E-state index contributed by atoms with van der Waals surface area (Å²) in [7, 11) is 0. The van der Waals surface area contributed by atoms with Crippen molar-refractivity contribution in [2.24, 2.45) is 0 Å². The molecule has 2 heteroatoms. The monoisotopic (exact) mass is 1420 g/mol. The summed E-state index contributed by atoms with van der Waals surface area (Å²) in [6.45, 7) is 11.6. The van der Waals surface area contributed by atoms with Gasteiger partial charge in [-0.1, -0.05) is 457 Å². The quantitative estimate of drug-likeness (QED) is 0.0386. The Kier molecular flexibility index (Phi) is 44.8. The van der Waals surface area contributed by atoms with Crippen LogP contribution in [-0.4, -0.2) is 11.1 Å². The van der Waals surface area contributed by atoms with E-state index in [4.69, 9.17) is 0 Å². The lowest BCUT2D eigenvalue weighted by atomic mass is 9.73. The van der Waals surface area contributed by atoms with Gasteiger partial charge in [-0.15, -0.1) is 0 Å². The lowest BCUT2D eigenvalue weighted by Crippen LogP contribution is -2.03. The van der Waals surface area contributed by atoms with Crippen LogP contribution >= 0.6 is 0 Å². The van der Waals surface area contributed by atoms with Crippen molar-refractivity contribution in [3.63, 3.8) is 0 Å². The van der Waals surface area contributed by atoms with Gasteiger partial charge in [0, 0.05) is 0 Å². The third-order valence-corrected chi connectivity index (χ3v) is 23.2. The molecule has 0 radical (unpaired) electrons. The van der Waals surface area contributed by atoms with Crippen molar-refractivity contribution in [1.82, 2.24) is 0 Å². The van der Waals surface area contributed by atoms with Crippen LogP contribution < -0.4 is 0 Å². The highest BCUT2D eigenvalue weighted by atomic mass is 16.4. The van der Waals surface area contributed by atoms with E-state index in [0.717, 1.165) is 43.2 Å². The number of aryl methyl sites for hydroxylation is 5. The molecule has 0 atom stereocenters. The van der Waals surface area contributed by atoms with Gasteiger partial charge in [-0.05, 0) is 171 Å². The van der Waals surface area contributed by atoms with E-state index >= 15 is 0 Å². The Labute approximate surface area is 645 Å². The van der Waals surface area contributed by atoms with Crippen molar-refractivity contribution in [1.29, 1.82) is 0 Å². The molecule has 0 amide bonds. The Morgan fingerprint density at radius 1 is 0.181 bits per heavy atom. The minimum absolute atomic E-state index is 0.306. The number of carboxylic acids is 1. The van der Waals surface area contributed by atoms with Crippen LogP contribution in [-0.2, 0) is 32.1 Å². The number of benzene rings is 7. The average Bonchev–Trinajstić information content (AvgIpc) is 0.716. The Bertz CT molecular complexity index is 3150. The van der Waals surface area contributed by atoms with Crippen LogP contribution in [0.1, 0.15) is 394 Å². The van der Waals surface area contributed by atoms with Crippen LogP contribution in [0.15, 0.2) is 146 Å². The minimum Gasteiger partial charge on any atom is -0.478 e. The lowest BCUT2D eigenvalue weighted by Gasteiger charge is -2.29. The SMILES string of the molecule is CCCCCCCCCCCCc1ccc(-c2c(-c3ccc(CCCCCCCCCCCC)cc3)c(-c3ccc(CCCCCCCCCCCC)cc3)c(-c3ccc(C(=O)O)cc3)c(-c3ccc(CCCCCCCCCCCC)cc3)c2-c2ccc(CCCCCCCCCCCC)cc2)cc1. The van der Waals surface area contributed by atoms with Crippen LogP contribution in [0.2, 0.25) is 0 Å². The number of carboxylic acid groups (broad SMARTS) is 1. The molecular formula is C103H150O2. The first-order valence-corrected chi connectivity index (χ1v) is 44.9. The first-order valence-electron chi connectivity index (χ1n) is 44.9. The zero-order chi connectivity index (χ0) is 73.8. The molecule has 2 nitrogen and oxygen atoms in total. The molecule has 7 rings (SSSR count). The molecular weight excluding hydrogens is 1270 g/mol. The Morgan fingerprint density at radius 2 is 0.305 bits per heavy atom. The number of rotatable bonds is 62. The smallest absolute Gasteiger partial charge is 0.335 e. The summed E-state index contributed by atoms with van der Waals surface area (Å²) in [6, 6.07) is 57.0. The van der Waals surface area contributed by atoms with Crippen LogP contribution in [0.3, 0.4) is 0 Å². The van der Waals surface area contributed by atoms with E-state index in [-0.39, 0.29) is 0 Å². The molecule has 0 aliphatic carbocycles. The van der Waals surface area contributed by atoms with Gasteiger partial charge in [0.05, 0.1) is 5.56 Å². The van der Waals surface area contributed by atoms with E-state index in [1.54, 1.807) is 0 Å². The Morgan fingerprint density at radius 3 is 0.438 bits per heavy atom. The van der Waals surface area contributed by atoms with Gasteiger partial charge in [-0.2, -0.15) is 0 Å². The molecule has 0 saturated carbocycles. The van der Waals surface area contributed by atoms with Gasteiger partial charge in [0.15, 0.2) is 0 Å². The summed E-state index contributed by atoms with van der Waals surface area (Å²) in [6.07, 6.45) is 72.3. The Hall–Kier alpha value is -5.99. The van der Waals surface area contributed by atoms with Gasteiger partial charge in [-0.25, -0.2) is 4.79 Å². The maximum Gasteiger partial charge on any atom is 0.335 e. The van der Waals surface area contributed by atoms with Crippen molar-refractivity contribution in [2.45, 2.75) is 388 Å². The molecule has 0 aliphatic heterocycles. The van der Waals surface area contributed by atoms with Crippen molar-refractivity contribution in [3.05, 3.63) is 179 Å². The van der Waals surface area contributed by atoms with Crippen molar-refractivity contribution >= 4 is 5.97 Å². The Balaban J connectivity index is 1.38. The molecule has 0 aromatic heterocycles. The van der Waals surface area contributed by atoms with E-state index in [0.29, 0.717) is 5.56 Å². The number of aromatic carboxylic acids is 1. The number of hydrogen-bond acceptors (Lipinski definition) is 1. The molecule has 0 unspecified atom stereocenters. The summed E-state index contributed by atoms with van der Waals surface area (Å²) in [5, 5.41) is 10.6. The molecule has 0 bridgehead atoms. The fourth-order valence-corrected chi connectivity index (χ4v) is 16.5. The largest absolute Gasteiger partial charge is 0.478 e. The van der Waals surface area contributed by atoms with E-state index in [1.165, 1.54) is 404 Å². The lowest BCUT2D eigenvalue weighted by molar-refractivity contribution is 0.0696. The molecule has 1 N–H and O–H groups in total. The zero-order valence-electron chi connectivity index (χ0n) is 68.1. The van der Waals surface area contributed by atoms with Gasteiger partial charge in [-0.3, -0.25) is 0 Å². The molecule has 0 heterocycles. The normalized spacial score (nSPS) is 11.6.